The summed E-state index contributed by atoms with van der Waals surface area (Å²) in [5, 5.41) is 0. The monoisotopic (exact) mass is 507 g/mol. The van der Waals surface area contributed by atoms with E-state index in [0.717, 1.165) is 0 Å². The third-order valence-electron chi connectivity index (χ3n) is 4.41. The molecule has 0 unspecified atom stereocenters. The molecule has 0 spiro atoms. The normalized spacial score (nSPS) is 10.6. The predicted octanol–water partition coefficient (Wildman–Crippen LogP) is 5.86. The molecule has 0 atom stereocenters. The standard InChI is InChI=1S/C24H17.Hg/c1-4-10-19(11-5-1)22-16-23(20-12-6-2-7-13-20)18-24(17-22)21-14-8-3-9-15-21;/h1-8,10-18H;. The Bertz CT molecular complexity index is 931. The van der Waals surface area contributed by atoms with Crippen molar-refractivity contribution in [2.75, 3.05) is 0 Å². The van der Waals surface area contributed by atoms with Crippen LogP contribution in [0.25, 0.3) is 33.4 Å². The van der Waals surface area contributed by atoms with Crippen LogP contribution in [0.4, 0.5) is 0 Å². The summed E-state index contributed by atoms with van der Waals surface area (Å²) in [6, 6.07) is 37.1. The van der Waals surface area contributed by atoms with Gasteiger partial charge in [-0.15, -0.1) is 0 Å². The molecule has 0 aliphatic carbocycles. The molecule has 0 aliphatic rings. The van der Waals surface area contributed by atoms with Crippen LogP contribution in [0.15, 0.2) is 103 Å². The van der Waals surface area contributed by atoms with E-state index in [1.54, 1.807) is 0 Å². The van der Waals surface area contributed by atoms with Crippen molar-refractivity contribution in [2.24, 2.45) is 0 Å². The summed E-state index contributed by atoms with van der Waals surface area (Å²) in [6.45, 7) is 0. The molecule has 0 radical (unpaired) electrons. The van der Waals surface area contributed by atoms with Crippen LogP contribution in [0, 0.1) is 0 Å². The first-order valence-electron chi connectivity index (χ1n) is 8.48. The maximum absolute atomic E-state index is 2.34. The molecule has 1 heteroatoms. The van der Waals surface area contributed by atoms with E-state index in [4.69, 9.17) is 0 Å². The first kappa shape index (κ1) is 16.3. The SMILES string of the molecule is [Hg][c]1cccc(-c2cc(-c3ccccc3)cc(-c3ccccc3)c2)c1. The average Bonchev–Trinajstić information content (AvgIpc) is 2.69. The Morgan fingerprint density at radius 2 is 0.800 bits per heavy atom. The summed E-state index contributed by atoms with van der Waals surface area (Å²) < 4.78 is 1.48. The molecular formula is C24H17Hg. The Hall–Kier alpha value is -2.18. The fraction of sp³-hybridized carbons (Fsp3) is 0. The quantitative estimate of drug-likeness (QED) is 0.306. The second-order valence-corrected chi connectivity index (χ2v) is 9.41. The summed E-state index contributed by atoms with van der Waals surface area (Å²) in [7, 11) is 0. The summed E-state index contributed by atoms with van der Waals surface area (Å²) in [6.07, 6.45) is 0. The van der Waals surface area contributed by atoms with Gasteiger partial charge in [-0.2, -0.15) is 0 Å². The minimum absolute atomic E-state index is 0.643. The average molecular weight is 506 g/mol. The van der Waals surface area contributed by atoms with Gasteiger partial charge in [0.15, 0.2) is 0 Å². The first-order chi connectivity index (χ1) is 12.3. The molecule has 0 N–H and O–H groups in total. The van der Waals surface area contributed by atoms with Crippen molar-refractivity contribution in [3.63, 3.8) is 0 Å². The van der Waals surface area contributed by atoms with E-state index < -0.39 is 0 Å². The van der Waals surface area contributed by atoms with Crippen molar-refractivity contribution >= 4 is 3.07 Å². The Kier molecular flexibility index (Phi) is 4.80. The summed E-state index contributed by atoms with van der Waals surface area (Å²) in [4.78, 5) is 0. The van der Waals surface area contributed by atoms with Gasteiger partial charge in [0.25, 0.3) is 0 Å². The van der Waals surface area contributed by atoms with E-state index in [-0.39, 0.29) is 0 Å². The Morgan fingerprint density at radius 1 is 0.360 bits per heavy atom. The van der Waals surface area contributed by atoms with Crippen molar-refractivity contribution in [3.05, 3.63) is 103 Å². The second kappa shape index (κ2) is 7.37. The van der Waals surface area contributed by atoms with Gasteiger partial charge in [0.2, 0.25) is 0 Å². The molecule has 4 aromatic rings. The van der Waals surface area contributed by atoms with Gasteiger partial charge in [-0.1, -0.05) is 0 Å². The van der Waals surface area contributed by atoms with Gasteiger partial charge in [0.05, 0.1) is 0 Å². The van der Waals surface area contributed by atoms with Crippen molar-refractivity contribution in [1.29, 1.82) is 0 Å². The number of rotatable bonds is 3. The van der Waals surface area contributed by atoms with Gasteiger partial charge in [-0.05, 0) is 0 Å². The van der Waals surface area contributed by atoms with Crippen molar-refractivity contribution < 1.29 is 26.1 Å². The summed E-state index contributed by atoms with van der Waals surface area (Å²) in [5.41, 5.74) is 7.63. The van der Waals surface area contributed by atoms with Gasteiger partial charge >= 0.3 is 166 Å². The maximum atomic E-state index is 2.34. The van der Waals surface area contributed by atoms with Crippen molar-refractivity contribution in [2.45, 2.75) is 0 Å². The van der Waals surface area contributed by atoms with Crippen molar-refractivity contribution in [1.82, 2.24) is 0 Å². The van der Waals surface area contributed by atoms with Crippen LogP contribution in [0.5, 0.6) is 0 Å². The summed E-state index contributed by atoms with van der Waals surface area (Å²) in [5.74, 6) is 0. The van der Waals surface area contributed by atoms with Crippen LogP contribution in [-0.2, 0) is 26.1 Å². The first-order valence-corrected chi connectivity index (χ1v) is 11.2. The fourth-order valence-corrected chi connectivity index (χ4v) is 4.52. The van der Waals surface area contributed by atoms with E-state index in [0.29, 0.717) is 26.1 Å². The molecule has 25 heavy (non-hydrogen) atoms. The van der Waals surface area contributed by atoms with Crippen LogP contribution in [-0.4, -0.2) is 0 Å². The van der Waals surface area contributed by atoms with Crippen LogP contribution >= 0.6 is 0 Å². The van der Waals surface area contributed by atoms with Crippen LogP contribution in [0.2, 0.25) is 0 Å². The van der Waals surface area contributed by atoms with E-state index >= 15 is 0 Å². The topological polar surface area (TPSA) is 0 Å². The molecule has 0 heterocycles. The van der Waals surface area contributed by atoms with Gasteiger partial charge in [0.1, 0.15) is 0 Å². The van der Waals surface area contributed by atoms with Gasteiger partial charge in [0, 0.05) is 0 Å². The van der Waals surface area contributed by atoms with E-state index in [1.807, 2.05) is 0 Å². The molecule has 0 fully saturated rings. The zero-order valence-electron chi connectivity index (χ0n) is 14.0. The van der Waals surface area contributed by atoms with E-state index in [2.05, 4.69) is 103 Å². The van der Waals surface area contributed by atoms with E-state index in [1.165, 1.54) is 36.5 Å². The van der Waals surface area contributed by atoms with Gasteiger partial charge in [-0.25, -0.2) is 0 Å². The molecule has 0 aliphatic heterocycles. The van der Waals surface area contributed by atoms with Crippen molar-refractivity contribution in [3.8, 4) is 33.4 Å². The second-order valence-electron chi connectivity index (χ2n) is 6.23. The molecule has 4 rings (SSSR count). The molecule has 0 amide bonds. The zero-order chi connectivity index (χ0) is 17.1. The number of hydrogen-bond donors (Lipinski definition) is 0. The molecule has 0 saturated heterocycles. The van der Waals surface area contributed by atoms with Gasteiger partial charge < -0.3 is 0 Å². The molecule has 4 aromatic carbocycles. The third kappa shape index (κ3) is 3.75. The molecule has 0 aromatic heterocycles. The van der Waals surface area contributed by atoms with Crippen LogP contribution in [0.1, 0.15) is 0 Å². The predicted molar refractivity (Wildman–Crippen MR) is 102 cm³/mol. The fourth-order valence-electron chi connectivity index (χ4n) is 3.14. The number of hydrogen-bond acceptors (Lipinski definition) is 0. The minimum atomic E-state index is 0.643. The number of benzene rings is 4. The Labute approximate surface area is 165 Å². The molecular weight excluding hydrogens is 489 g/mol. The van der Waals surface area contributed by atoms with Crippen LogP contribution in [0.3, 0.4) is 0 Å². The van der Waals surface area contributed by atoms with Gasteiger partial charge in [-0.3, -0.25) is 0 Å². The van der Waals surface area contributed by atoms with E-state index in [9.17, 15) is 0 Å². The third-order valence-corrected chi connectivity index (χ3v) is 6.12. The summed E-state index contributed by atoms with van der Waals surface area (Å²) >= 11 is 0.643. The molecule has 115 valence electrons. The van der Waals surface area contributed by atoms with Crippen LogP contribution < -0.4 is 3.07 Å². The zero-order valence-corrected chi connectivity index (χ0v) is 19.5. The molecule has 0 bridgehead atoms. The Balaban J connectivity index is 1.92. The Morgan fingerprint density at radius 3 is 1.28 bits per heavy atom. The molecule has 0 nitrogen and oxygen atoms in total. The molecule has 0 saturated carbocycles.